The summed E-state index contributed by atoms with van der Waals surface area (Å²) < 4.78 is 5.05. The summed E-state index contributed by atoms with van der Waals surface area (Å²) >= 11 is 0. The summed E-state index contributed by atoms with van der Waals surface area (Å²) in [7, 11) is 0. The molecule has 0 aliphatic rings. The molecular formula is C12H20N2O3. The molecule has 0 aromatic rings. The molecule has 0 spiro atoms. The molecule has 0 fully saturated rings. The van der Waals surface area contributed by atoms with Crippen molar-refractivity contribution in [3.05, 3.63) is 0 Å². The molecule has 96 valence electrons. The molecule has 17 heavy (non-hydrogen) atoms. The van der Waals surface area contributed by atoms with Gasteiger partial charge in [-0.2, -0.15) is 0 Å². The lowest BCUT2D eigenvalue weighted by atomic mass is 10.2. The average Bonchev–Trinajstić information content (AvgIpc) is 2.19. The van der Waals surface area contributed by atoms with Crippen LogP contribution in [0.5, 0.6) is 0 Å². The second kappa shape index (κ2) is 6.79. The lowest BCUT2D eigenvalue weighted by molar-refractivity contribution is -0.123. The molecule has 0 radical (unpaired) electrons. The number of amides is 2. The van der Waals surface area contributed by atoms with Crippen LogP contribution >= 0.6 is 0 Å². The van der Waals surface area contributed by atoms with Gasteiger partial charge in [0.2, 0.25) is 5.91 Å². The van der Waals surface area contributed by atoms with Crippen LogP contribution in [0.1, 0.15) is 34.1 Å². The van der Waals surface area contributed by atoms with Gasteiger partial charge in [0, 0.05) is 0 Å². The summed E-state index contributed by atoms with van der Waals surface area (Å²) in [4.78, 5) is 23.0. The lowest BCUT2D eigenvalue weighted by Crippen LogP contribution is -2.47. The van der Waals surface area contributed by atoms with Gasteiger partial charge in [-0.15, -0.1) is 6.42 Å². The predicted molar refractivity (Wildman–Crippen MR) is 65.3 cm³/mol. The van der Waals surface area contributed by atoms with Gasteiger partial charge in [-0.25, -0.2) is 4.79 Å². The van der Waals surface area contributed by atoms with Crippen molar-refractivity contribution >= 4 is 12.0 Å². The monoisotopic (exact) mass is 240 g/mol. The molecule has 2 N–H and O–H groups in total. The Morgan fingerprint density at radius 3 is 2.41 bits per heavy atom. The van der Waals surface area contributed by atoms with E-state index in [2.05, 4.69) is 16.6 Å². The molecule has 0 rings (SSSR count). The van der Waals surface area contributed by atoms with E-state index in [1.54, 1.807) is 27.7 Å². The topological polar surface area (TPSA) is 67.4 Å². The Hall–Kier alpha value is -1.70. The van der Waals surface area contributed by atoms with Crippen molar-refractivity contribution in [2.75, 3.05) is 6.54 Å². The fourth-order valence-electron chi connectivity index (χ4n) is 1.06. The second-order valence-electron chi connectivity index (χ2n) is 4.53. The van der Waals surface area contributed by atoms with Crippen LogP contribution in [-0.4, -0.2) is 30.2 Å². The molecular weight excluding hydrogens is 220 g/mol. The quantitative estimate of drug-likeness (QED) is 0.721. The fourth-order valence-corrected chi connectivity index (χ4v) is 1.06. The van der Waals surface area contributed by atoms with Gasteiger partial charge in [-0.3, -0.25) is 4.79 Å². The first-order valence-corrected chi connectivity index (χ1v) is 5.50. The number of hydrogen-bond donors (Lipinski definition) is 2. The summed E-state index contributed by atoms with van der Waals surface area (Å²) in [6.45, 7) is 7.20. The Kier molecular flexibility index (Phi) is 6.11. The third-order valence-corrected chi connectivity index (χ3v) is 1.78. The Balaban J connectivity index is 4.26. The predicted octanol–water partition coefficient (Wildman–Crippen LogP) is 1.04. The molecule has 0 heterocycles. The highest BCUT2D eigenvalue weighted by atomic mass is 16.6. The van der Waals surface area contributed by atoms with Gasteiger partial charge in [0.1, 0.15) is 11.6 Å². The van der Waals surface area contributed by atoms with Crippen LogP contribution in [0.15, 0.2) is 0 Å². The lowest BCUT2D eigenvalue weighted by Gasteiger charge is -2.22. The first-order valence-electron chi connectivity index (χ1n) is 5.50. The van der Waals surface area contributed by atoms with Crippen LogP contribution in [0.4, 0.5) is 4.79 Å². The minimum absolute atomic E-state index is 0.144. The average molecular weight is 240 g/mol. The van der Waals surface area contributed by atoms with Crippen molar-refractivity contribution < 1.29 is 14.3 Å². The minimum atomic E-state index is -0.627. The maximum absolute atomic E-state index is 11.6. The maximum atomic E-state index is 11.6. The second-order valence-corrected chi connectivity index (χ2v) is 4.53. The van der Waals surface area contributed by atoms with E-state index in [1.807, 2.05) is 0 Å². The van der Waals surface area contributed by atoms with Gasteiger partial charge in [0.15, 0.2) is 0 Å². The standard InChI is InChI=1S/C12H20N2O3/c1-6-8-13-10(15)9(7-2)14-11(16)17-12(3,4)5/h1,9H,7-8H2,2-5H3,(H,13,15)(H,14,16). The smallest absolute Gasteiger partial charge is 0.408 e. The number of rotatable bonds is 4. The van der Waals surface area contributed by atoms with Crippen molar-refractivity contribution in [3.63, 3.8) is 0 Å². The van der Waals surface area contributed by atoms with E-state index in [-0.39, 0.29) is 12.5 Å². The van der Waals surface area contributed by atoms with Gasteiger partial charge in [0.05, 0.1) is 6.54 Å². The van der Waals surface area contributed by atoms with E-state index in [0.717, 1.165) is 0 Å². The molecule has 0 saturated carbocycles. The highest BCUT2D eigenvalue weighted by Crippen LogP contribution is 2.07. The largest absolute Gasteiger partial charge is 0.444 e. The SMILES string of the molecule is C#CCNC(=O)C(CC)NC(=O)OC(C)(C)C. The number of carbonyl (C=O) groups excluding carboxylic acids is 2. The van der Waals surface area contributed by atoms with Gasteiger partial charge in [-0.05, 0) is 27.2 Å². The number of hydrogen-bond acceptors (Lipinski definition) is 3. The van der Waals surface area contributed by atoms with Crippen LogP contribution in [0, 0.1) is 12.3 Å². The molecule has 0 bridgehead atoms. The number of alkyl carbamates (subject to hydrolysis) is 1. The normalized spacial score (nSPS) is 12.2. The Bertz CT molecular complexity index is 313. The zero-order valence-corrected chi connectivity index (χ0v) is 10.8. The molecule has 5 heteroatoms. The zero-order chi connectivity index (χ0) is 13.5. The van der Waals surface area contributed by atoms with Crippen molar-refractivity contribution in [2.45, 2.75) is 45.8 Å². The van der Waals surface area contributed by atoms with E-state index in [9.17, 15) is 9.59 Å². The van der Waals surface area contributed by atoms with Crippen molar-refractivity contribution in [1.82, 2.24) is 10.6 Å². The van der Waals surface area contributed by atoms with Crippen molar-refractivity contribution in [3.8, 4) is 12.3 Å². The summed E-state index contributed by atoms with van der Waals surface area (Å²) in [5, 5.41) is 5.00. The van der Waals surface area contributed by atoms with Gasteiger partial charge < -0.3 is 15.4 Å². The number of nitrogens with one attached hydrogen (secondary N) is 2. The van der Waals surface area contributed by atoms with E-state index < -0.39 is 17.7 Å². The van der Waals surface area contributed by atoms with Crippen molar-refractivity contribution in [1.29, 1.82) is 0 Å². The number of ether oxygens (including phenoxy) is 1. The van der Waals surface area contributed by atoms with Crippen LogP contribution in [-0.2, 0) is 9.53 Å². The summed E-state index contributed by atoms with van der Waals surface area (Å²) in [5.74, 6) is 1.98. The van der Waals surface area contributed by atoms with E-state index in [0.29, 0.717) is 6.42 Å². The molecule has 2 amide bonds. The Morgan fingerprint density at radius 2 is 2.00 bits per heavy atom. The highest BCUT2D eigenvalue weighted by Gasteiger charge is 2.22. The zero-order valence-electron chi connectivity index (χ0n) is 10.8. The molecule has 0 aliphatic heterocycles. The first-order chi connectivity index (χ1) is 7.80. The summed E-state index contributed by atoms with van der Waals surface area (Å²) in [6, 6.07) is -0.627. The molecule has 0 saturated heterocycles. The van der Waals surface area contributed by atoms with Gasteiger partial charge in [-0.1, -0.05) is 12.8 Å². The van der Waals surface area contributed by atoms with Crippen molar-refractivity contribution in [2.24, 2.45) is 0 Å². The molecule has 5 nitrogen and oxygen atoms in total. The molecule has 0 aliphatic carbocycles. The van der Waals surface area contributed by atoms with E-state index in [1.165, 1.54) is 0 Å². The first kappa shape index (κ1) is 15.3. The van der Waals surface area contributed by atoms with Crippen LogP contribution in [0.25, 0.3) is 0 Å². The van der Waals surface area contributed by atoms with Crippen LogP contribution in [0.2, 0.25) is 0 Å². The summed E-state index contributed by atoms with van der Waals surface area (Å²) in [5.41, 5.74) is -0.586. The third-order valence-electron chi connectivity index (χ3n) is 1.78. The Labute approximate surface area is 102 Å². The maximum Gasteiger partial charge on any atom is 0.408 e. The molecule has 0 aromatic heterocycles. The van der Waals surface area contributed by atoms with Gasteiger partial charge in [0.25, 0.3) is 0 Å². The molecule has 0 aromatic carbocycles. The van der Waals surface area contributed by atoms with Crippen LogP contribution in [0.3, 0.4) is 0 Å². The highest BCUT2D eigenvalue weighted by molar-refractivity contribution is 5.85. The van der Waals surface area contributed by atoms with E-state index >= 15 is 0 Å². The number of terminal acetylenes is 1. The Morgan fingerprint density at radius 1 is 1.41 bits per heavy atom. The third kappa shape index (κ3) is 7.23. The van der Waals surface area contributed by atoms with Gasteiger partial charge >= 0.3 is 6.09 Å². The minimum Gasteiger partial charge on any atom is -0.444 e. The summed E-state index contributed by atoms with van der Waals surface area (Å²) in [6.07, 6.45) is 4.88. The number of carbonyl (C=O) groups is 2. The van der Waals surface area contributed by atoms with Crippen LogP contribution < -0.4 is 10.6 Å². The van der Waals surface area contributed by atoms with E-state index in [4.69, 9.17) is 11.2 Å². The molecule has 1 unspecified atom stereocenters. The molecule has 1 atom stereocenters. The fraction of sp³-hybridized carbons (Fsp3) is 0.667.